The van der Waals surface area contributed by atoms with Crippen LogP contribution in [-0.2, 0) is 4.74 Å². The molecule has 6 nitrogen and oxygen atoms in total. The van der Waals surface area contributed by atoms with Crippen LogP contribution in [-0.4, -0.2) is 42.6 Å². The summed E-state index contributed by atoms with van der Waals surface area (Å²) >= 11 is 0. The standard InChI is InChI=1S/C21H24FN3O3/c1-14(2)23-21(27)24-18-5-3-4-16(12-18)20(26)25-10-11-28-19(13-25)15-6-8-17(22)9-7-15/h3-9,12,14,19H,10-11,13H2,1-2H3,(H2,23,24,27). The van der Waals surface area contributed by atoms with Crippen LogP contribution < -0.4 is 10.6 Å². The average molecular weight is 385 g/mol. The summed E-state index contributed by atoms with van der Waals surface area (Å²) in [7, 11) is 0. The highest BCUT2D eigenvalue weighted by atomic mass is 19.1. The fourth-order valence-electron chi connectivity index (χ4n) is 3.05. The van der Waals surface area contributed by atoms with Crippen molar-refractivity contribution < 1.29 is 18.7 Å². The second kappa shape index (κ2) is 8.84. The number of nitrogens with one attached hydrogen (secondary N) is 2. The number of anilines is 1. The van der Waals surface area contributed by atoms with Gasteiger partial charge in [0.1, 0.15) is 11.9 Å². The first-order chi connectivity index (χ1) is 13.4. The van der Waals surface area contributed by atoms with E-state index in [1.165, 1.54) is 12.1 Å². The van der Waals surface area contributed by atoms with Gasteiger partial charge in [0.15, 0.2) is 0 Å². The molecule has 0 aliphatic carbocycles. The van der Waals surface area contributed by atoms with Gasteiger partial charge in [0.2, 0.25) is 0 Å². The zero-order valence-electron chi connectivity index (χ0n) is 15.9. The number of amides is 3. The molecule has 1 heterocycles. The van der Waals surface area contributed by atoms with Gasteiger partial charge in [-0.25, -0.2) is 9.18 Å². The maximum atomic E-state index is 13.1. The Hall–Kier alpha value is -2.93. The van der Waals surface area contributed by atoms with Crippen LogP contribution in [0.25, 0.3) is 0 Å². The van der Waals surface area contributed by atoms with Crippen molar-refractivity contribution in [3.8, 4) is 0 Å². The lowest BCUT2D eigenvalue weighted by Crippen LogP contribution is -2.42. The lowest BCUT2D eigenvalue weighted by Gasteiger charge is -2.33. The highest BCUT2D eigenvalue weighted by Crippen LogP contribution is 2.24. The molecule has 28 heavy (non-hydrogen) atoms. The summed E-state index contributed by atoms with van der Waals surface area (Å²) in [5.74, 6) is -0.443. The Bertz CT molecular complexity index is 839. The van der Waals surface area contributed by atoms with Crippen LogP contribution in [0, 0.1) is 5.82 Å². The lowest BCUT2D eigenvalue weighted by molar-refractivity contribution is -0.0228. The fourth-order valence-corrected chi connectivity index (χ4v) is 3.05. The molecule has 0 radical (unpaired) electrons. The summed E-state index contributed by atoms with van der Waals surface area (Å²) in [5.41, 5.74) is 1.87. The number of carbonyl (C=O) groups excluding carboxylic acids is 2. The summed E-state index contributed by atoms with van der Waals surface area (Å²) < 4.78 is 18.9. The predicted molar refractivity (Wildman–Crippen MR) is 105 cm³/mol. The van der Waals surface area contributed by atoms with E-state index in [-0.39, 0.29) is 29.9 Å². The average Bonchev–Trinajstić information content (AvgIpc) is 2.67. The van der Waals surface area contributed by atoms with Crippen LogP contribution in [0.2, 0.25) is 0 Å². The first-order valence-corrected chi connectivity index (χ1v) is 9.26. The lowest BCUT2D eigenvalue weighted by atomic mass is 10.1. The largest absolute Gasteiger partial charge is 0.370 e. The number of urea groups is 1. The van der Waals surface area contributed by atoms with Crippen molar-refractivity contribution in [3.63, 3.8) is 0 Å². The third kappa shape index (κ3) is 5.07. The molecule has 0 saturated carbocycles. The Morgan fingerprint density at radius 3 is 2.64 bits per heavy atom. The number of hydrogen-bond donors (Lipinski definition) is 2. The maximum absolute atomic E-state index is 13.1. The first-order valence-electron chi connectivity index (χ1n) is 9.26. The van der Waals surface area contributed by atoms with Gasteiger partial charge in [-0.3, -0.25) is 4.79 Å². The Balaban J connectivity index is 1.68. The van der Waals surface area contributed by atoms with E-state index in [0.717, 1.165) is 5.56 Å². The van der Waals surface area contributed by atoms with E-state index >= 15 is 0 Å². The molecule has 0 aromatic heterocycles. The van der Waals surface area contributed by atoms with E-state index < -0.39 is 0 Å². The molecule has 1 aliphatic rings. The summed E-state index contributed by atoms with van der Waals surface area (Å²) in [5, 5.41) is 5.47. The first kappa shape index (κ1) is 19.8. The van der Waals surface area contributed by atoms with Crippen molar-refractivity contribution in [2.75, 3.05) is 25.0 Å². The van der Waals surface area contributed by atoms with Crippen molar-refractivity contribution in [1.82, 2.24) is 10.2 Å². The molecule has 148 valence electrons. The van der Waals surface area contributed by atoms with Crippen LogP contribution >= 0.6 is 0 Å². The quantitative estimate of drug-likeness (QED) is 0.845. The van der Waals surface area contributed by atoms with Gasteiger partial charge >= 0.3 is 6.03 Å². The number of nitrogens with zero attached hydrogens (tertiary/aromatic N) is 1. The molecule has 1 atom stereocenters. The molecule has 3 amide bonds. The molecule has 0 bridgehead atoms. The third-order valence-corrected chi connectivity index (χ3v) is 4.38. The molecule has 0 spiro atoms. The van der Waals surface area contributed by atoms with Crippen LogP contribution in [0.15, 0.2) is 48.5 Å². The zero-order chi connectivity index (χ0) is 20.1. The van der Waals surface area contributed by atoms with Gasteiger partial charge in [0, 0.05) is 23.8 Å². The van der Waals surface area contributed by atoms with Crippen LogP contribution in [0.3, 0.4) is 0 Å². The van der Waals surface area contributed by atoms with E-state index in [1.807, 2.05) is 13.8 Å². The summed E-state index contributed by atoms with van der Waals surface area (Å²) in [4.78, 5) is 26.5. The Morgan fingerprint density at radius 2 is 1.93 bits per heavy atom. The van der Waals surface area contributed by atoms with E-state index in [2.05, 4.69) is 10.6 Å². The van der Waals surface area contributed by atoms with Crippen molar-refractivity contribution in [1.29, 1.82) is 0 Å². The highest BCUT2D eigenvalue weighted by molar-refractivity contribution is 5.97. The minimum Gasteiger partial charge on any atom is -0.370 e. The number of ether oxygens (including phenoxy) is 1. The Kier molecular flexibility index (Phi) is 6.26. The van der Waals surface area contributed by atoms with Gasteiger partial charge < -0.3 is 20.3 Å². The zero-order valence-corrected chi connectivity index (χ0v) is 15.9. The Labute approximate surface area is 163 Å². The van der Waals surface area contributed by atoms with Gasteiger partial charge in [-0.15, -0.1) is 0 Å². The monoisotopic (exact) mass is 385 g/mol. The number of halogens is 1. The van der Waals surface area contributed by atoms with Crippen molar-refractivity contribution >= 4 is 17.6 Å². The molecular weight excluding hydrogens is 361 g/mol. The van der Waals surface area contributed by atoms with Crippen molar-refractivity contribution in [2.24, 2.45) is 0 Å². The molecular formula is C21H24FN3O3. The molecule has 3 rings (SSSR count). The summed E-state index contributed by atoms with van der Waals surface area (Å²) in [6.07, 6.45) is -0.295. The SMILES string of the molecule is CC(C)NC(=O)Nc1cccc(C(=O)N2CCOC(c3ccc(F)cc3)C2)c1. The minimum absolute atomic E-state index is 0.0153. The number of carbonyl (C=O) groups is 2. The second-order valence-corrected chi connectivity index (χ2v) is 7.00. The van der Waals surface area contributed by atoms with Crippen LogP contribution in [0.4, 0.5) is 14.9 Å². The molecule has 7 heteroatoms. The normalized spacial score (nSPS) is 16.7. The predicted octanol–water partition coefficient (Wildman–Crippen LogP) is 3.57. The smallest absolute Gasteiger partial charge is 0.319 e. The van der Waals surface area contributed by atoms with Gasteiger partial charge in [-0.2, -0.15) is 0 Å². The molecule has 1 unspecified atom stereocenters. The summed E-state index contributed by atoms with van der Waals surface area (Å²) in [6, 6.07) is 12.7. The number of hydrogen-bond acceptors (Lipinski definition) is 3. The van der Waals surface area contributed by atoms with Crippen molar-refractivity contribution in [3.05, 3.63) is 65.5 Å². The maximum Gasteiger partial charge on any atom is 0.319 e. The van der Waals surface area contributed by atoms with Gasteiger partial charge in [-0.05, 0) is 49.7 Å². The topological polar surface area (TPSA) is 70.7 Å². The van der Waals surface area contributed by atoms with Crippen LogP contribution in [0.5, 0.6) is 0 Å². The summed E-state index contributed by atoms with van der Waals surface area (Å²) in [6.45, 7) is 5.01. The van der Waals surface area contributed by atoms with Crippen LogP contribution in [0.1, 0.15) is 35.9 Å². The Morgan fingerprint density at radius 1 is 1.18 bits per heavy atom. The number of benzene rings is 2. The second-order valence-electron chi connectivity index (χ2n) is 7.00. The van der Waals surface area contributed by atoms with E-state index in [0.29, 0.717) is 30.9 Å². The molecule has 2 aromatic carbocycles. The minimum atomic E-state index is -0.317. The molecule has 1 fully saturated rings. The van der Waals surface area contributed by atoms with Gasteiger partial charge in [-0.1, -0.05) is 18.2 Å². The van der Waals surface area contributed by atoms with Crippen molar-refractivity contribution in [2.45, 2.75) is 26.0 Å². The molecule has 1 aliphatic heterocycles. The number of rotatable bonds is 4. The fraction of sp³-hybridized carbons (Fsp3) is 0.333. The highest BCUT2D eigenvalue weighted by Gasteiger charge is 2.26. The molecule has 2 N–H and O–H groups in total. The van der Waals surface area contributed by atoms with E-state index in [4.69, 9.17) is 4.74 Å². The molecule has 1 saturated heterocycles. The van der Waals surface area contributed by atoms with E-state index in [1.54, 1.807) is 41.3 Å². The van der Waals surface area contributed by atoms with E-state index in [9.17, 15) is 14.0 Å². The van der Waals surface area contributed by atoms with Gasteiger partial charge in [0.25, 0.3) is 5.91 Å². The number of morpholine rings is 1. The third-order valence-electron chi connectivity index (χ3n) is 4.38. The van der Waals surface area contributed by atoms with Gasteiger partial charge in [0.05, 0.1) is 13.2 Å². The molecule has 2 aromatic rings.